The van der Waals surface area contributed by atoms with E-state index in [4.69, 9.17) is 5.11 Å². The number of aliphatic carboxylic acids is 1. The molecule has 1 aliphatic rings. The van der Waals surface area contributed by atoms with E-state index in [1.807, 2.05) is 0 Å². The minimum absolute atomic E-state index is 0.116. The summed E-state index contributed by atoms with van der Waals surface area (Å²) < 4.78 is 1.43. The Kier molecular flexibility index (Phi) is 2.84. The SMILES string of the molecule is O=C(O)C1CCN(C(=O)Cn2ccnn2)C1. The highest BCUT2D eigenvalue weighted by Gasteiger charge is 2.30. The Labute approximate surface area is 91.7 Å². The minimum Gasteiger partial charge on any atom is -0.481 e. The Bertz CT molecular complexity index is 389. The standard InChI is InChI=1S/C9H12N4O3/c14-8(6-13-4-2-10-11-13)12-3-1-7(5-12)9(15)16/h2,4,7H,1,3,5-6H2,(H,15,16). The normalized spacial score (nSPS) is 20.0. The Hall–Kier alpha value is -1.92. The van der Waals surface area contributed by atoms with Crippen molar-refractivity contribution < 1.29 is 14.7 Å². The average molecular weight is 224 g/mol. The highest BCUT2D eigenvalue weighted by atomic mass is 16.4. The molecule has 0 bridgehead atoms. The monoisotopic (exact) mass is 224 g/mol. The molecule has 0 aliphatic carbocycles. The zero-order valence-electron chi connectivity index (χ0n) is 8.61. The van der Waals surface area contributed by atoms with Crippen molar-refractivity contribution in [3.63, 3.8) is 0 Å². The lowest BCUT2D eigenvalue weighted by Gasteiger charge is -2.15. The van der Waals surface area contributed by atoms with Crippen LogP contribution in [0.25, 0.3) is 0 Å². The molecule has 1 aromatic heterocycles. The van der Waals surface area contributed by atoms with E-state index in [2.05, 4.69) is 10.3 Å². The van der Waals surface area contributed by atoms with Crippen LogP contribution in [0.1, 0.15) is 6.42 Å². The van der Waals surface area contributed by atoms with Crippen LogP contribution in [0.4, 0.5) is 0 Å². The summed E-state index contributed by atoms with van der Waals surface area (Å²) in [6.07, 6.45) is 3.62. The van der Waals surface area contributed by atoms with Gasteiger partial charge >= 0.3 is 5.97 Å². The van der Waals surface area contributed by atoms with Crippen LogP contribution in [0.2, 0.25) is 0 Å². The largest absolute Gasteiger partial charge is 0.481 e. The molecule has 2 heterocycles. The molecule has 1 unspecified atom stereocenters. The maximum absolute atomic E-state index is 11.7. The topological polar surface area (TPSA) is 88.3 Å². The van der Waals surface area contributed by atoms with Gasteiger partial charge in [0, 0.05) is 19.3 Å². The van der Waals surface area contributed by atoms with Crippen LogP contribution in [0.5, 0.6) is 0 Å². The second kappa shape index (κ2) is 4.30. The van der Waals surface area contributed by atoms with Crippen LogP contribution in [0.3, 0.4) is 0 Å². The zero-order chi connectivity index (χ0) is 11.5. The number of amides is 1. The molecule has 2 rings (SSSR count). The van der Waals surface area contributed by atoms with Gasteiger partial charge in [0.15, 0.2) is 0 Å². The van der Waals surface area contributed by atoms with Crippen LogP contribution in [0, 0.1) is 5.92 Å². The van der Waals surface area contributed by atoms with Crippen molar-refractivity contribution in [1.29, 1.82) is 0 Å². The first kappa shape index (κ1) is 10.6. The third-order valence-electron chi connectivity index (χ3n) is 2.66. The number of carboxylic acids is 1. The number of aromatic nitrogens is 3. The smallest absolute Gasteiger partial charge is 0.308 e. The maximum atomic E-state index is 11.7. The van der Waals surface area contributed by atoms with Crippen LogP contribution >= 0.6 is 0 Å². The van der Waals surface area contributed by atoms with Crippen LogP contribution in [0.15, 0.2) is 12.4 Å². The van der Waals surface area contributed by atoms with Crippen molar-refractivity contribution in [3.05, 3.63) is 12.4 Å². The number of hydrogen-bond donors (Lipinski definition) is 1. The minimum atomic E-state index is -0.837. The van der Waals surface area contributed by atoms with E-state index in [1.165, 1.54) is 10.9 Å². The Balaban J connectivity index is 1.90. The van der Waals surface area contributed by atoms with Gasteiger partial charge < -0.3 is 10.0 Å². The molecule has 1 fully saturated rings. The lowest BCUT2D eigenvalue weighted by molar-refractivity contribution is -0.141. The van der Waals surface area contributed by atoms with Crippen LogP contribution in [-0.4, -0.2) is 50.0 Å². The summed E-state index contributed by atoms with van der Waals surface area (Å²) in [5, 5.41) is 16.1. The lowest BCUT2D eigenvalue weighted by atomic mass is 10.1. The summed E-state index contributed by atoms with van der Waals surface area (Å²) >= 11 is 0. The van der Waals surface area contributed by atoms with Gasteiger partial charge in [-0.2, -0.15) is 0 Å². The lowest BCUT2D eigenvalue weighted by Crippen LogP contribution is -2.32. The van der Waals surface area contributed by atoms with Gasteiger partial charge in [-0.15, -0.1) is 5.10 Å². The van der Waals surface area contributed by atoms with E-state index >= 15 is 0 Å². The van der Waals surface area contributed by atoms with Crippen molar-refractivity contribution in [2.75, 3.05) is 13.1 Å². The molecule has 16 heavy (non-hydrogen) atoms. The number of carbonyl (C=O) groups excluding carboxylic acids is 1. The summed E-state index contributed by atoms with van der Waals surface area (Å²) in [7, 11) is 0. The first-order valence-corrected chi connectivity index (χ1v) is 5.01. The Morgan fingerprint density at radius 1 is 1.50 bits per heavy atom. The van der Waals surface area contributed by atoms with Gasteiger partial charge in [-0.05, 0) is 6.42 Å². The quantitative estimate of drug-likeness (QED) is 0.727. The van der Waals surface area contributed by atoms with E-state index in [1.54, 1.807) is 11.1 Å². The van der Waals surface area contributed by atoms with Gasteiger partial charge in [0.2, 0.25) is 5.91 Å². The molecule has 1 amide bonds. The molecule has 86 valence electrons. The zero-order valence-corrected chi connectivity index (χ0v) is 8.61. The van der Waals surface area contributed by atoms with Crippen molar-refractivity contribution in [1.82, 2.24) is 19.9 Å². The summed E-state index contributed by atoms with van der Waals surface area (Å²) in [5.74, 6) is -1.38. The van der Waals surface area contributed by atoms with E-state index < -0.39 is 11.9 Å². The predicted octanol–water partition coefficient (Wildman–Crippen LogP) is -0.789. The molecule has 0 radical (unpaired) electrons. The molecular formula is C9H12N4O3. The molecule has 7 nitrogen and oxygen atoms in total. The van der Waals surface area contributed by atoms with Gasteiger partial charge in [0.1, 0.15) is 6.54 Å². The first-order chi connectivity index (χ1) is 7.66. The molecular weight excluding hydrogens is 212 g/mol. The van der Waals surface area contributed by atoms with E-state index in [0.717, 1.165) is 0 Å². The fourth-order valence-electron chi connectivity index (χ4n) is 1.74. The molecule has 0 aromatic carbocycles. The number of hydrogen-bond acceptors (Lipinski definition) is 4. The van der Waals surface area contributed by atoms with Gasteiger partial charge in [-0.3, -0.25) is 9.59 Å². The van der Waals surface area contributed by atoms with Crippen molar-refractivity contribution >= 4 is 11.9 Å². The fourth-order valence-corrected chi connectivity index (χ4v) is 1.74. The van der Waals surface area contributed by atoms with Gasteiger partial charge in [-0.1, -0.05) is 5.21 Å². The van der Waals surface area contributed by atoms with E-state index in [9.17, 15) is 9.59 Å². The van der Waals surface area contributed by atoms with Gasteiger partial charge in [0.05, 0.1) is 12.1 Å². The summed E-state index contributed by atoms with van der Waals surface area (Å²) in [5.41, 5.74) is 0. The number of carboxylic acid groups (broad SMARTS) is 1. The average Bonchev–Trinajstić information content (AvgIpc) is 2.86. The van der Waals surface area contributed by atoms with Crippen LogP contribution in [-0.2, 0) is 16.1 Å². The molecule has 0 saturated carbocycles. The molecule has 1 atom stereocenters. The van der Waals surface area contributed by atoms with Gasteiger partial charge in [0.25, 0.3) is 0 Å². The second-order valence-corrected chi connectivity index (χ2v) is 3.76. The summed E-state index contributed by atoms with van der Waals surface area (Å²) in [4.78, 5) is 24.0. The number of likely N-dealkylation sites (tertiary alicyclic amines) is 1. The van der Waals surface area contributed by atoms with Crippen molar-refractivity contribution in [2.45, 2.75) is 13.0 Å². The summed E-state index contributed by atoms with van der Waals surface area (Å²) in [6, 6.07) is 0. The molecule has 1 N–H and O–H groups in total. The van der Waals surface area contributed by atoms with Crippen molar-refractivity contribution in [3.8, 4) is 0 Å². The van der Waals surface area contributed by atoms with Gasteiger partial charge in [-0.25, -0.2) is 4.68 Å². The number of nitrogens with zero attached hydrogens (tertiary/aromatic N) is 4. The van der Waals surface area contributed by atoms with Crippen LogP contribution < -0.4 is 0 Å². The second-order valence-electron chi connectivity index (χ2n) is 3.76. The number of rotatable bonds is 3. The molecule has 1 saturated heterocycles. The van der Waals surface area contributed by atoms with E-state index in [-0.39, 0.29) is 12.5 Å². The third kappa shape index (κ3) is 2.18. The number of carbonyl (C=O) groups is 2. The highest BCUT2D eigenvalue weighted by molar-refractivity contribution is 5.78. The fraction of sp³-hybridized carbons (Fsp3) is 0.556. The molecule has 0 spiro atoms. The Morgan fingerprint density at radius 3 is 2.88 bits per heavy atom. The van der Waals surface area contributed by atoms with Crippen molar-refractivity contribution in [2.24, 2.45) is 5.92 Å². The summed E-state index contributed by atoms with van der Waals surface area (Å²) in [6.45, 7) is 0.916. The molecule has 1 aromatic rings. The molecule has 1 aliphatic heterocycles. The molecule has 7 heteroatoms. The highest BCUT2D eigenvalue weighted by Crippen LogP contribution is 2.16. The predicted molar refractivity (Wildman–Crippen MR) is 52.3 cm³/mol. The van der Waals surface area contributed by atoms with E-state index in [0.29, 0.717) is 19.5 Å². The Morgan fingerprint density at radius 2 is 2.31 bits per heavy atom. The maximum Gasteiger partial charge on any atom is 0.308 e. The first-order valence-electron chi connectivity index (χ1n) is 5.01. The third-order valence-corrected chi connectivity index (χ3v) is 2.66.